The van der Waals surface area contributed by atoms with E-state index < -0.39 is 0 Å². The Morgan fingerprint density at radius 3 is 2.74 bits per heavy atom. The number of fused-ring (bicyclic) bond motifs is 1. The van der Waals surface area contributed by atoms with Gasteiger partial charge >= 0.3 is 0 Å². The van der Waals surface area contributed by atoms with Gasteiger partial charge in [0.25, 0.3) is 6.01 Å². The van der Waals surface area contributed by atoms with Crippen LogP contribution in [0.5, 0.6) is 0 Å². The van der Waals surface area contributed by atoms with Crippen molar-refractivity contribution in [3.05, 3.63) is 24.3 Å². The van der Waals surface area contributed by atoms with Crippen molar-refractivity contribution in [3.63, 3.8) is 0 Å². The molecule has 0 amide bonds. The fourth-order valence-electron chi connectivity index (χ4n) is 2.87. The molecule has 1 aliphatic rings. The standard InChI is InChI=1S/C15H19ClN2O/c16-10-15(8-4-1-5-9-15)11-17-14-18-12-6-2-3-7-13(12)19-14/h2-3,6-7H,1,4-5,8-11H2,(H,17,18). The van der Waals surface area contributed by atoms with Crippen molar-refractivity contribution in [1.29, 1.82) is 0 Å². The van der Waals surface area contributed by atoms with Gasteiger partial charge in [0.05, 0.1) is 0 Å². The molecule has 0 atom stereocenters. The van der Waals surface area contributed by atoms with Crippen molar-refractivity contribution < 1.29 is 4.42 Å². The SMILES string of the molecule is ClCC1(CNc2nc3ccccc3o2)CCCCC1. The van der Waals surface area contributed by atoms with E-state index in [0.29, 0.717) is 11.9 Å². The highest BCUT2D eigenvalue weighted by molar-refractivity contribution is 6.18. The Labute approximate surface area is 118 Å². The van der Waals surface area contributed by atoms with Crippen molar-refractivity contribution in [2.75, 3.05) is 17.7 Å². The number of alkyl halides is 1. The van der Waals surface area contributed by atoms with Crippen LogP contribution in [0.4, 0.5) is 6.01 Å². The Hall–Kier alpha value is -1.22. The van der Waals surface area contributed by atoms with Crippen LogP contribution in [0.2, 0.25) is 0 Å². The number of hydrogen-bond acceptors (Lipinski definition) is 3. The maximum absolute atomic E-state index is 6.19. The summed E-state index contributed by atoms with van der Waals surface area (Å²) < 4.78 is 5.68. The third-order valence-corrected chi connectivity index (χ3v) is 4.67. The van der Waals surface area contributed by atoms with Crippen LogP contribution >= 0.6 is 11.6 Å². The fraction of sp³-hybridized carbons (Fsp3) is 0.533. The zero-order valence-corrected chi connectivity index (χ0v) is 11.7. The summed E-state index contributed by atoms with van der Waals surface area (Å²) in [6, 6.07) is 8.43. The van der Waals surface area contributed by atoms with Gasteiger partial charge in [0, 0.05) is 17.8 Å². The van der Waals surface area contributed by atoms with E-state index in [1.807, 2.05) is 24.3 Å². The van der Waals surface area contributed by atoms with Crippen LogP contribution in [0.1, 0.15) is 32.1 Å². The molecule has 0 unspecified atom stereocenters. The summed E-state index contributed by atoms with van der Waals surface area (Å²) in [5.74, 6) is 0.709. The quantitative estimate of drug-likeness (QED) is 0.841. The first-order valence-corrected chi connectivity index (χ1v) is 7.50. The summed E-state index contributed by atoms with van der Waals surface area (Å²) >= 11 is 6.19. The number of benzene rings is 1. The predicted molar refractivity (Wildman–Crippen MR) is 78.7 cm³/mol. The lowest BCUT2D eigenvalue weighted by Gasteiger charge is -2.35. The second kappa shape index (κ2) is 5.41. The van der Waals surface area contributed by atoms with Crippen molar-refractivity contribution in [3.8, 4) is 0 Å². The molecule has 3 rings (SSSR count). The molecular formula is C15H19ClN2O. The summed E-state index contributed by atoms with van der Waals surface area (Å²) in [5, 5.41) is 3.33. The van der Waals surface area contributed by atoms with Gasteiger partial charge in [-0.1, -0.05) is 31.4 Å². The average Bonchev–Trinajstić information content (AvgIpc) is 2.89. The minimum atomic E-state index is 0.209. The molecule has 2 aromatic rings. The lowest BCUT2D eigenvalue weighted by Crippen LogP contribution is -2.33. The Bertz CT molecular complexity index is 513. The molecule has 19 heavy (non-hydrogen) atoms. The summed E-state index contributed by atoms with van der Waals surface area (Å²) in [7, 11) is 0. The molecule has 0 spiro atoms. The fourth-order valence-corrected chi connectivity index (χ4v) is 3.23. The van der Waals surface area contributed by atoms with Crippen molar-refractivity contribution in [2.24, 2.45) is 5.41 Å². The molecule has 4 heteroatoms. The number of nitrogens with zero attached hydrogens (tertiary/aromatic N) is 1. The zero-order valence-electron chi connectivity index (χ0n) is 11.0. The van der Waals surface area contributed by atoms with Gasteiger partial charge in [0.2, 0.25) is 0 Å². The molecule has 1 fully saturated rings. The van der Waals surface area contributed by atoms with E-state index in [0.717, 1.165) is 17.6 Å². The third kappa shape index (κ3) is 2.71. The average molecular weight is 279 g/mol. The van der Waals surface area contributed by atoms with Crippen LogP contribution in [0, 0.1) is 5.41 Å². The molecule has 1 aromatic carbocycles. The second-order valence-electron chi connectivity index (χ2n) is 5.53. The highest BCUT2D eigenvalue weighted by Gasteiger charge is 2.31. The van der Waals surface area contributed by atoms with Crippen LogP contribution in [-0.2, 0) is 0 Å². The summed E-state index contributed by atoms with van der Waals surface area (Å²) in [6.07, 6.45) is 6.29. The van der Waals surface area contributed by atoms with E-state index in [-0.39, 0.29) is 5.41 Å². The van der Waals surface area contributed by atoms with E-state index in [1.165, 1.54) is 32.1 Å². The number of para-hydroxylation sites is 2. The molecule has 0 bridgehead atoms. The van der Waals surface area contributed by atoms with Gasteiger partial charge in [-0.25, -0.2) is 0 Å². The van der Waals surface area contributed by atoms with E-state index >= 15 is 0 Å². The third-order valence-electron chi connectivity index (χ3n) is 4.11. The number of hydrogen-bond donors (Lipinski definition) is 1. The molecule has 1 saturated carbocycles. The van der Waals surface area contributed by atoms with Crippen molar-refractivity contribution in [1.82, 2.24) is 4.98 Å². The summed E-state index contributed by atoms with van der Waals surface area (Å²) in [4.78, 5) is 4.44. The van der Waals surface area contributed by atoms with Gasteiger partial charge < -0.3 is 9.73 Å². The van der Waals surface area contributed by atoms with Gasteiger partial charge in [-0.05, 0) is 25.0 Å². The highest BCUT2D eigenvalue weighted by atomic mass is 35.5. The van der Waals surface area contributed by atoms with E-state index in [4.69, 9.17) is 16.0 Å². The van der Waals surface area contributed by atoms with Gasteiger partial charge in [-0.2, -0.15) is 4.98 Å². The van der Waals surface area contributed by atoms with Crippen LogP contribution in [-0.4, -0.2) is 17.4 Å². The predicted octanol–water partition coefficient (Wildman–Crippen LogP) is 4.43. The number of rotatable bonds is 4. The van der Waals surface area contributed by atoms with E-state index in [9.17, 15) is 0 Å². The monoisotopic (exact) mass is 278 g/mol. The molecule has 3 nitrogen and oxygen atoms in total. The first-order valence-electron chi connectivity index (χ1n) is 6.97. The first-order chi connectivity index (χ1) is 9.31. The minimum absolute atomic E-state index is 0.209. The number of anilines is 1. The van der Waals surface area contributed by atoms with Crippen LogP contribution in [0.15, 0.2) is 28.7 Å². The van der Waals surface area contributed by atoms with Crippen LogP contribution in [0.3, 0.4) is 0 Å². The smallest absolute Gasteiger partial charge is 0.295 e. The first kappa shape index (κ1) is 12.8. The van der Waals surface area contributed by atoms with Gasteiger partial charge in [0.15, 0.2) is 5.58 Å². The Kier molecular flexibility index (Phi) is 3.65. The molecule has 1 aliphatic carbocycles. The second-order valence-corrected chi connectivity index (χ2v) is 5.80. The van der Waals surface area contributed by atoms with Gasteiger partial charge in [0.1, 0.15) is 5.52 Å². The number of nitrogens with one attached hydrogen (secondary N) is 1. The summed E-state index contributed by atoms with van der Waals surface area (Å²) in [6.45, 7) is 0.851. The number of aromatic nitrogens is 1. The normalized spacial score (nSPS) is 18.6. The Morgan fingerprint density at radius 1 is 1.21 bits per heavy atom. The number of oxazole rings is 1. The Balaban J connectivity index is 1.70. The molecule has 1 heterocycles. The number of halogens is 1. The maximum atomic E-state index is 6.19. The molecule has 0 radical (unpaired) electrons. The minimum Gasteiger partial charge on any atom is -0.424 e. The van der Waals surface area contributed by atoms with Crippen LogP contribution in [0.25, 0.3) is 11.1 Å². The molecule has 102 valence electrons. The molecule has 1 aromatic heterocycles. The lowest BCUT2D eigenvalue weighted by atomic mass is 9.75. The molecule has 1 N–H and O–H groups in total. The molecular weight excluding hydrogens is 260 g/mol. The van der Waals surface area contributed by atoms with Crippen LogP contribution < -0.4 is 5.32 Å². The topological polar surface area (TPSA) is 38.1 Å². The van der Waals surface area contributed by atoms with E-state index in [1.54, 1.807) is 0 Å². The highest BCUT2D eigenvalue weighted by Crippen LogP contribution is 2.37. The lowest BCUT2D eigenvalue weighted by molar-refractivity contribution is 0.236. The molecule has 0 saturated heterocycles. The van der Waals surface area contributed by atoms with Gasteiger partial charge in [-0.3, -0.25) is 0 Å². The zero-order chi connectivity index (χ0) is 13.1. The Morgan fingerprint density at radius 2 is 2.00 bits per heavy atom. The maximum Gasteiger partial charge on any atom is 0.295 e. The van der Waals surface area contributed by atoms with Gasteiger partial charge in [-0.15, -0.1) is 11.6 Å². The van der Waals surface area contributed by atoms with Crippen molar-refractivity contribution in [2.45, 2.75) is 32.1 Å². The largest absolute Gasteiger partial charge is 0.424 e. The van der Waals surface area contributed by atoms with Crippen molar-refractivity contribution >= 4 is 28.7 Å². The molecule has 0 aliphatic heterocycles. The summed E-state index contributed by atoms with van der Waals surface area (Å²) in [5.41, 5.74) is 1.93. The van der Waals surface area contributed by atoms with E-state index in [2.05, 4.69) is 10.3 Å².